The van der Waals surface area contributed by atoms with Gasteiger partial charge in [0, 0.05) is 25.3 Å². The Balaban J connectivity index is 0.00000182. The van der Waals surface area contributed by atoms with Gasteiger partial charge in [-0.1, -0.05) is 30.3 Å². The number of carbonyl (C=O) groups is 1. The largest absolute Gasteiger partial charge is 0.378 e. The smallest absolute Gasteiger partial charge is 0.265 e. The third-order valence-corrected chi connectivity index (χ3v) is 5.64. The number of piperidine rings is 1. The zero-order valence-electron chi connectivity index (χ0n) is 15.4. The molecule has 3 rings (SSSR count). The molecule has 1 fully saturated rings. The number of aromatic nitrogens is 1. The quantitative estimate of drug-likeness (QED) is 0.703. The van der Waals surface area contributed by atoms with Crippen LogP contribution in [0.3, 0.4) is 0 Å². The molecule has 0 saturated carbocycles. The van der Waals surface area contributed by atoms with Crippen LogP contribution in [0.1, 0.15) is 34.6 Å². The maximum absolute atomic E-state index is 12.9. The van der Waals surface area contributed by atoms with E-state index < -0.39 is 0 Å². The molecule has 0 atom stereocenters. The van der Waals surface area contributed by atoms with Crippen LogP contribution < -0.4 is 5.73 Å². The van der Waals surface area contributed by atoms with E-state index in [1.165, 1.54) is 11.3 Å². The minimum absolute atomic E-state index is 0. The highest BCUT2D eigenvalue weighted by Crippen LogP contribution is 2.29. The van der Waals surface area contributed by atoms with Gasteiger partial charge >= 0.3 is 0 Å². The van der Waals surface area contributed by atoms with Crippen LogP contribution in [0.15, 0.2) is 30.3 Å². The Kier molecular flexibility index (Phi) is 10.3. The molecule has 5 nitrogen and oxygen atoms in total. The number of aryl methyl sites for hydroxylation is 1. The van der Waals surface area contributed by atoms with Gasteiger partial charge in [0.05, 0.1) is 11.8 Å². The fourth-order valence-electron chi connectivity index (χ4n) is 3.00. The molecule has 1 aromatic heterocycles. The Morgan fingerprint density at radius 2 is 1.93 bits per heavy atom. The minimum atomic E-state index is 0. The third kappa shape index (κ3) is 6.16. The first-order valence-electron chi connectivity index (χ1n) is 8.83. The summed E-state index contributed by atoms with van der Waals surface area (Å²) in [7, 11) is 0. The molecule has 1 aromatic carbocycles. The summed E-state index contributed by atoms with van der Waals surface area (Å²) < 4.78 is 5.82. The monoisotopic (exact) mass is 431 g/mol. The van der Waals surface area contributed by atoms with E-state index in [9.17, 15) is 4.79 Å². The van der Waals surface area contributed by atoms with Crippen molar-refractivity contribution < 1.29 is 9.53 Å². The molecule has 150 valence electrons. The molecule has 1 aliphatic rings. The van der Waals surface area contributed by atoms with Crippen molar-refractivity contribution in [3.63, 3.8) is 0 Å². The van der Waals surface area contributed by atoms with Gasteiger partial charge in [0.25, 0.3) is 5.91 Å². The number of nitrogens with zero attached hydrogens (tertiary/aromatic N) is 2. The Labute approximate surface area is 177 Å². The second kappa shape index (κ2) is 11.6. The van der Waals surface area contributed by atoms with Gasteiger partial charge in [0.1, 0.15) is 9.88 Å². The molecule has 1 aliphatic heterocycles. The summed E-state index contributed by atoms with van der Waals surface area (Å²) in [5.74, 6) is 0.0950. The first-order chi connectivity index (χ1) is 12.2. The second-order valence-corrected chi connectivity index (χ2v) is 7.30. The Morgan fingerprint density at radius 3 is 2.56 bits per heavy atom. The molecule has 2 heterocycles. The molecule has 0 radical (unpaired) electrons. The SMILES string of the molecule is Cc1nc(-c2ccccc2)sc1C(=O)N1CCC(OCCCN)CC1.Cl.Cl. The Morgan fingerprint density at radius 1 is 1.26 bits per heavy atom. The number of carbonyl (C=O) groups excluding carboxylic acids is 1. The van der Waals surface area contributed by atoms with Crippen LogP contribution in [0, 0.1) is 6.92 Å². The molecule has 1 saturated heterocycles. The average molecular weight is 432 g/mol. The van der Waals surface area contributed by atoms with E-state index in [2.05, 4.69) is 4.98 Å². The van der Waals surface area contributed by atoms with Crippen molar-refractivity contribution >= 4 is 42.1 Å². The highest BCUT2D eigenvalue weighted by molar-refractivity contribution is 7.17. The molecule has 2 aromatic rings. The Bertz CT molecular complexity index is 704. The highest BCUT2D eigenvalue weighted by atomic mass is 35.5. The highest BCUT2D eigenvalue weighted by Gasteiger charge is 2.26. The predicted octanol–water partition coefficient (Wildman–Crippen LogP) is 3.93. The van der Waals surface area contributed by atoms with Crippen molar-refractivity contribution in [1.82, 2.24) is 9.88 Å². The molecule has 0 aliphatic carbocycles. The van der Waals surface area contributed by atoms with E-state index in [-0.39, 0.29) is 36.8 Å². The molecular weight excluding hydrogens is 405 g/mol. The van der Waals surface area contributed by atoms with Crippen LogP contribution >= 0.6 is 36.2 Å². The fourth-order valence-corrected chi connectivity index (χ4v) is 4.04. The number of hydrogen-bond acceptors (Lipinski definition) is 5. The number of amides is 1. The standard InChI is InChI=1S/C19H25N3O2S.2ClH/c1-14-17(25-18(21-14)15-6-3-2-4-7-15)19(23)22-11-8-16(9-12-22)24-13-5-10-20;;/h2-4,6-7,16H,5,8-13,20H2,1H3;2*1H. The number of benzene rings is 1. The van der Waals surface area contributed by atoms with Crippen LogP contribution in [-0.4, -0.2) is 48.1 Å². The van der Waals surface area contributed by atoms with Crippen LogP contribution in [0.5, 0.6) is 0 Å². The molecule has 8 heteroatoms. The van der Waals surface area contributed by atoms with Gasteiger partial charge < -0.3 is 15.4 Å². The zero-order valence-corrected chi connectivity index (χ0v) is 17.9. The summed E-state index contributed by atoms with van der Waals surface area (Å²) >= 11 is 1.48. The lowest BCUT2D eigenvalue weighted by Crippen LogP contribution is -2.41. The minimum Gasteiger partial charge on any atom is -0.378 e. The van der Waals surface area contributed by atoms with Gasteiger partial charge in [-0.15, -0.1) is 36.2 Å². The maximum Gasteiger partial charge on any atom is 0.265 e. The van der Waals surface area contributed by atoms with E-state index >= 15 is 0 Å². The topological polar surface area (TPSA) is 68.5 Å². The predicted molar refractivity (Wildman–Crippen MR) is 115 cm³/mol. The van der Waals surface area contributed by atoms with Gasteiger partial charge in [0.15, 0.2) is 0 Å². The van der Waals surface area contributed by atoms with Crippen molar-refractivity contribution in [3.8, 4) is 10.6 Å². The number of thiazole rings is 1. The summed E-state index contributed by atoms with van der Waals surface area (Å²) in [5.41, 5.74) is 7.36. The van der Waals surface area contributed by atoms with E-state index in [0.717, 1.165) is 53.5 Å². The lowest BCUT2D eigenvalue weighted by Gasteiger charge is -2.31. The summed E-state index contributed by atoms with van der Waals surface area (Å²) in [6.45, 7) is 4.77. The van der Waals surface area contributed by atoms with E-state index in [0.29, 0.717) is 13.2 Å². The van der Waals surface area contributed by atoms with Crippen molar-refractivity contribution in [2.24, 2.45) is 5.73 Å². The molecule has 2 N–H and O–H groups in total. The van der Waals surface area contributed by atoms with Gasteiger partial charge in [-0.2, -0.15) is 0 Å². The second-order valence-electron chi connectivity index (χ2n) is 6.30. The summed E-state index contributed by atoms with van der Waals surface area (Å²) in [6.07, 6.45) is 2.92. The molecular formula is C19H27Cl2N3O2S. The first-order valence-corrected chi connectivity index (χ1v) is 9.64. The van der Waals surface area contributed by atoms with E-state index in [1.54, 1.807) is 0 Å². The number of rotatable bonds is 6. The lowest BCUT2D eigenvalue weighted by molar-refractivity contribution is 0.00855. The first kappa shape index (κ1) is 23.9. The summed E-state index contributed by atoms with van der Waals surface area (Å²) in [5, 5.41) is 0.904. The number of nitrogens with two attached hydrogens (primary N) is 1. The molecule has 0 bridgehead atoms. The average Bonchev–Trinajstić information content (AvgIpc) is 3.04. The van der Waals surface area contributed by atoms with Crippen LogP contribution in [-0.2, 0) is 4.74 Å². The number of hydrogen-bond donors (Lipinski definition) is 1. The van der Waals surface area contributed by atoms with Crippen LogP contribution in [0.25, 0.3) is 10.6 Å². The van der Waals surface area contributed by atoms with E-state index in [1.807, 2.05) is 42.2 Å². The normalized spacial score (nSPS) is 14.4. The summed E-state index contributed by atoms with van der Waals surface area (Å²) in [6, 6.07) is 10.0. The van der Waals surface area contributed by atoms with Crippen molar-refractivity contribution in [3.05, 3.63) is 40.9 Å². The van der Waals surface area contributed by atoms with Gasteiger partial charge in [-0.25, -0.2) is 4.98 Å². The number of ether oxygens (including phenoxy) is 1. The van der Waals surface area contributed by atoms with Gasteiger partial charge in [0.2, 0.25) is 0 Å². The lowest BCUT2D eigenvalue weighted by atomic mass is 10.1. The van der Waals surface area contributed by atoms with Crippen molar-refractivity contribution in [1.29, 1.82) is 0 Å². The summed E-state index contributed by atoms with van der Waals surface area (Å²) in [4.78, 5) is 20.1. The third-order valence-electron chi connectivity index (χ3n) is 4.44. The van der Waals surface area contributed by atoms with Crippen molar-refractivity contribution in [2.45, 2.75) is 32.3 Å². The Hall–Kier alpha value is -1.18. The zero-order chi connectivity index (χ0) is 17.6. The van der Waals surface area contributed by atoms with Gasteiger partial charge in [-0.3, -0.25) is 4.79 Å². The number of likely N-dealkylation sites (tertiary alicyclic amines) is 1. The molecule has 0 unspecified atom stereocenters. The van der Waals surface area contributed by atoms with E-state index in [4.69, 9.17) is 10.5 Å². The molecule has 0 spiro atoms. The van der Waals surface area contributed by atoms with Crippen molar-refractivity contribution in [2.75, 3.05) is 26.2 Å². The van der Waals surface area contributed by atoms with Crippen LogP contribution in [0.4, 0.5) is 0 Å². The molecule has 27 heavy (non-hydrogen) atoms. The molecule has 1 amide bonds. The van der Waals surface area contributed by atoms with Gasteiger partial charge in [-0.05, 0) is 32.7 Å². The fraction of sp³-hybridized carbons (Fsp3) is 0.474. The maximum atomic E-state index is 12.9. The van der Waals surface area contributed by atoms with Crippen LogP contribution in [0.2, 0.25) is 0 Å². The number of halogens is 2.